The third-order valence-corrected chi connectivity index (χ3v) is 13.0. The zero-order valence-corrected chi connectivity index (χ0v) is 42.7. The molecule has 0 aliphatic rings. The average molecular weight is 877 g/mol. The second-order valence-corrected chi connectivity index (χ2v) is 20.4. The summed E-state index contributed by atoms with van der Waals surface area (Å²) in [6, 6.07) is 0. The van der Waals surface area contributed by atoms with Crippen molar-refractivity contribution in [3.8, 4) is 0 Å². The van der Waals surface area contributed by atoms with Crippen molar-refractivity contribution in [3.05, 3.63) is 0 Å². The normalized spacial score (nSPS) is 12.6. The standard InChI is InChI=1S/C56H108O6/c1-7-52(6)44-38-32-28-29-35-41-47-56(59)62-53(49-61-55(58)46-40-34-27-23-19-18-21-25-31-37-43-51(4)5)48-60-54(57)45-39-33-26-22-17-15-13-11-9-8-10-12-14-16-20-24-30-36-42-50(2)3/h50-53H,7-49H2,1-6H3/t52?,53-/m0/s1. The molecule has 0 bridgehead atoms. The number of esters is 3. The molecular formula is C56H108O6. The van der Waals surface area contributed by atoms with Crippen LogP contribution in [0.25, 0.3) is 0 Å². The van der Waals surface area contributed by atoms with Crippen LogP contribution in [0.4, 0.5) is 0 Å². The van der Waals surface area contributed by atoms with Gasteiger partial charge in [0, 0.05) is 19.3 Å². The number of hydrogen-bond donors (Lipinski definition) is 0. The van der Waals surface area contributed by atoms with E-state index in [0.717, 1.165) is 75.5 Å². The van der Waals surface area contributed by atoms with Gasteiger partial charge in [-0.3, -0.25) is 14.4 Å². The molecule has 0 N–H and O–H groups in total. The van der Waals surface area contributed by atoms with Crippen LogP contribution in [0.2, 0.25) is 0 Å². The minimum Gasteiger partial charge on any atom is -0.462 e. The van der Waals surface area contributed by atoms with Crippen molar-refractivity contribution in [2.75, 3.05) is 13.2 Å². The number of ether oxygens (including phenoxy) is 3. The molecule has 368 valence electrons. The monoisotopic (exact) mass is 877 g/mol. The highest BCUT2D eigenvalue weighted by atomic mass is 16.6. The van der Waals surface area contributed by atoms with Crippen molar-refractivity contribution < 1.29 is 28.6 Å². The summed E-state index contributed by atoms with van der Waals surface area (Å²) in [4.78, 5) is 38.0. The van der Waals surface area contributed by atoms with Crippen molar-refractivity contribution in [2.24, 2.45) is 17.8 Å². The molecule has 2 atom stereocenters. The van der Waals surface area contributed by atoms with Gasteiger partial charge in [-0.25, -0.2) is 0 Å². The van der Waals surface area contributed by atoms with Gasteiger partial charge in [-0.15, -0.1) is 0 Å². The molecule has 0 saturated heterocycles. The molecule has 0 aromatic rings. The van der Waals surface area contributed by atoms with E-state index in [2.05, 4.69) is 41.5 Å². The van der Waals surface area contributed by atoms with Crippen LogP contribution in [0, 0.1) is 17.8 Å². The Labute approximate surface area is 387 Å². The maximum absolute atomic E-state index is 12.8. The van der Waals surface area contributed by atoms with Crippen LogP contribution in [0.3, 0.4) is 0 Å². The summed E-state index contributed by atoms with van der Waals surface area (Å²) < 4.78 is 16.8. The highest BCUT2D eigenvalue weighted by Gasteiger charge is 2.19. The lowest BCUT2D eigenvalue weighted by atomic mass is 10.00. The molecule has 0 spiro atoms. The molecule has 0 aromatic carbocycles. The van der Waals surface area contributed by atoms with E-state index in [-0.39, 0.29) is 31.1 Å². The molecule has 0 amide bonds. The van der Waals surface area contributed by atoms with Crippen LogP contribution < -0.4 is 0 Å². The lowest BCUT2D eigenvalue weighted by Gasteiger charge is -2.18. The minimum absolute atomic E-state index is 0.0650. The summed E-state index contributed by atoms with van der Waals surface area (Å²) in [5.74, 6) is 1.63. The van der Waals surface area contributed by atoms with Crippen molar-refractivity contribution in [1.29, 1.82) is 0 Å². The first kappa shape index (κ1) is 60.4. The summed E-state index contributed by atoms with van der Waals surface area (Å²) in [6.45, 7) is 13.7. The fraction of sp³-hybridized carbons (Fsp3) is 0.946. The van der Waals surface area contributed by atoms with Crippen molar-refractivity contribution in [3.63, 3.8) is 0 Å². The van der Waals surface area contributed by atoms with Gasteiger partial charge in [0.2, 0.25) is 0 Å². The van der Waals surface area contributed by atoms with Crippen molar-refractivity contribution in [1.82, 2.24) is 0 Å². The first-order chi connectivity index (χ1) is 30.1. The molecule has 0 radical (unpaired) electrons. The van der Waals surface area contributed by atoms with E-state index in [9.17, 15) is 14.4 Å². The van der Waals surface area contributed by atoms with Gasteiger partial charge in [-0.1, -0.05) is 266 Å². The number of rotatable bonds is 49. The van der Waals surface area contributed by atoms with E-state index in [1.54, 1.807) is 0 Å². The van der Waals surface area contributed by atoms with Gasteiger partial charge in [-0.05, 0) is 37.0 Å². The van der Waals surface area contributed by atoms with Gasteiger partial charge in [0.1, 0.15) is 13.2 Å². The SMILES string of the molecule is CCC(C)CCCCCCCCC(=O)O[C@@H](COC(=O)CCCCCCCCCCCCCCCCCCCCC(C)C)COC(=O)CCCCCCCCCCCCC(C)C. The molecule has 1 unspecified atom stereocenters. The zero-order chi connectivity index (χ0) is 45.6. The van der Waals surface area contributed by atoms with E-state index in [1.165, 1.54) is 186 Å². The molecular weight excluding hydrogens is 769 g/mol. The Bertz CT molecular complexity index is 962. The summed E-state index contributed by atoms with van der Waals surface area (Å²) in [5, 5.41) is 0. The molecule has 62 heavy (non-hydrogen) atoms. The Morgan fingerprint density at radius 2 is 0.565 bits per heavy atom. The van der Waals surface area contributed by atoms with E-state index >= 15 is 0 Å². The van der Waals surface area contributed by atoms with Crippen LogP contribution in [0.1, 0.15) is 305 Å². The summed E-state index contributed by atoms with van der Waals surface area (Å²) >= 11 is 0. The molecule has 0 aromatic heterocycles. The Morgan fingerprint density at radius 3 is 0.839 bits per heavy atom. The second-order valence-electron chi connectivity index (χ2n) is 20.4. The third-order valence-electron chi connectivity index (χ3n) is 13.0. The van der Waals surface area contributed by atoms with Crippen LogP contribution in [0.15, 0.2) is 0 Å². The van der Waals surface area contributed by atoms with Crippen molar-refractivity contribution in [2.45, 2.75) is 311 Å². The van der Waals surface area contributed by atoms with Gasteiger partial charge < -0.3 is 14.2 Å². The van der Waals surface area contributed by atoms with Gasteiger partial charge in [0.15, 0.2) is 6.10 Å². The van der Waals surface area contributed by atoms with Crippen LogP contribution in [-0.4, -0.2) is 37.2 Å². The Hall–Kier alpha value is -1.59. The van der Waals surface area contributed by atoms with Crippen LogP contribution in [0.5, 0.6) is 0 Å². The smallest absolute Gasteiger partial charge is 0.306 e. The number of carbonyl (C=O) groups excluding carboxylic acids is 3. The zero-order valence-electron chi connectivity index (χ0n) is 42.7. The van der Waals surface area contributed by atoms with E-state index in [4.69, 9.17) is 14.2 Å². The highest BCUT2D eigenvalue weighted by molar-refractivity contribution is 5.71. The predicted octanol–water partition coefficient (Wildman–Crippen LogP) is 17.9. The van der Waals surface area contributed by atoms with E-state index < -0.39 is 6.10 Å². The Morgan fingerprint density at radius 1 is 0.323 bits per heavy atom. The topological polar surface area (TPSA) is 78.9 Å². The Kier molecular flexibility index (Phi) is 46.2. The van der Waals surface area contributed by atoms with Gasteiger partial charge in [0.05, 0.1) is 0 Å². The van der Waals surface area contributed by atoms with Gasteiger partial charge in [0.25, 0.3) is 0 Å². The summed E-state index contributed by atoms with van der Waals surface area (Å²) in [5.41, 5.74) is 0. The fourth-order valence-corrected chi connectivity index (χ4v) is 8.44. The number of unbranched alkanes of at least 4 members (excludes halogenated alkanes) is 31. The fourth-order valence-electron chi connectivity index (χ4n) is 8.44. The molecule has 6 heteroatoms. The second kappa shape index (κ2) is 47.4. The van der Waals surface area contributed by atoms with Gasteiger partial charge in [-0.2, -0.15) is 0 Å². The van der Waals surface area contributed by atoms with Crippen LogP contribution >= 0.6 is 0 Å². The predicted molar refractivity (Wildman–Crippen MR) is 266 cm³/mol. The minimum atomic E-state index is -0.763. The highest BCUT2D eigenvalue weighted by Crippen LogP contribution is 2.18. The third kappa shape index (κ3) is 47.9. The average Bonchev–Trinajstić information content (AvgIpc) is 3.24. The lowest BCUT2D eigenvalue weighted by molar-refractivity contribution is -0.167. The lowest BCUT2D eigenvalue weighted by Crippen LogP contribution is -2.30. The van der Waals surface area contributed by atoms with Crippen molar-refractivity contribution >= 4 is 17.9 Å². The maximum Gasteiger partial charge on any atom is 0.306 e. The van der Waals surface area contributed by atoms with Gasteiger partial charge >= 0.3 is 17.9 Å². The molecule has 0 fully saturated rings. The number of hydrogen-bond acceptors (Lipinski definition) is 6. The molecule has 0 aliphatic heterocycles. The molecule has 0 rings (SSSR count). The molecule has 0 aliphatic carbocycles. The molecule has 0 heterocycles. The van der Waals surface area contributed by atoms with E-state index in [0.29, 0.717) is 19.3 Å². The first-order valence-electron chi connectivity index (χ1n) is 27.6. The summed E-state index contributed by atoms with van der Waals surface area (Å²) in [6.07, 6.45) is 48.2. The Balaban J connectivity index is 4.20. The molecule has 0 saturated carbocycles. The first-order valence-corrected chi connectivity index (χ1v) is 27.6. The summed E-state index contributed by atoms with van der Waals surface area (Å²) in [7, 11) is 0. The largest absolute Gasteiger partial charge is 0.462 e. The number of carbonyl (C=O) groups is 3. The van der Waals surface area contributed by atoms with E-state index in [1.807, 2.05) is 0 Å². The quantitative estimate of drug-likeness (QED) is 0.0344. The van der Waals surface area contributed by atoms with Crippen LogP contribution in [-0.2, 0) is 28.6 Å². The molecule has 6 nitrogen and oxygen atoms in total. The maximum atomic E-state index is 12.8.